The van der Waals surface area contributed by atoms with Gasteiger partial charge in [-0.15, -0.1) is 0 Å². The first-order valence-electron chi connectivity index (χ1n) is 6.82. The van der Waals surface area contributed by atoms with E-state index in [2.05, 4.69) is 34.9 Å². The van der Waals surface area contributed by atoms with Gasteiger partial charge in [-0.2, -0.15) is 5.10 Å². The molecule has 0 amide bonds. The molecule has 1 unspecified atom stereocenters. The SMILES string of the molecule is CC(C)CC1(C(O)c2c(Br)cnn2C)CCCC1. The third-order valence-corrected chi connectivity index (χ3v) is 4.80. The van der Waals surface area contributed by atoms with Crippen LogP contribution >= 0.6 is 15.9 Å². The first-order chi connectivity index (χ1) is 8.46. The molecule has 4 heteroatoms. The largest absolute Gasteiger partial charge is 0.386 e. The molecular formula is C14H23BrN2O. The van der Waals surface area contributed by atoms with Crippen LogP contribution in [0.1, 0.15) is 57.7 Å². The Bertz CT molecular complexity index is 388. The summed E-state index contributed by atoms with van der Waals surface area (Å²) in [5.41, 5.74) is 0.974. The van der Waals surface area contributed by atoms with E-state index in [1.807, 2.05) is 7.05 Å². The zero-order chi connectivity index (χ0) is 13.3. The molecule has 0 bridgehead atoms. The fourth-order valence-corrected chi connectivity index (χ4v) is 4.06. The van der Waals surface area contributed by atoms with Crippen LogP contribution in [0.15, 0.2) is 10.7 Å². The zero-order valence-corrected chi connectivity index (χ0v) is 13.1. The Balaban J connectivity index is 2.31. The van der Waals surface area contributed by atoms with Crippen molar-refractivity contribution in [3.8, 4) is 0 Å². The number of aryl methyl sites for hydroxylation is 1. The first kappa shape index (κ1) is 14.1. The van der Waals surface area contributed by atoms with Crippen molar-refractivity contribution in [1.82, 2.24) is 9.78 Å². The average Bonchev–Trinajstić information content (AvgIpc) is 2.86. The van der Waals surface area contributed by atoms with Gasteiger partial charge < -0.3 is 5.11 Å². The Labute approximate surface area is 118 Å². The summed E-state index contributed by atoms with van der Waals surface area (Å²) in [7, 11) is 1.90. The van der Waals surface area contributed by atoms with Gasteiger partial charge in [0.25, 0.3) is 0 Å². The van der Waals surface area contributed by atoms with Crippen molar-refractivity contribution in [2.75, 3.05) is 0 Å². The summed E-state index contributed by atoms with van der Waals surface area (Å²) >= 11 is 3.51. The molecule has 1 atom stereocenters. The molecule has 0 radical (unpaired) electrons. The van der Waals surface area contributed by atoms with Gasteiger partial charge in [0, 0.05) is 12.5 Å². The third-order valence-electron chi connectivity index (χ3n) is 4.19. The van der Waals surface area contributed by atoms with Crippen LogP contribution in [0.25, 0.3) is 0 Å². The van der Waals surface area contributed by atoms with Gasteiger partial charge in [0.1, 0.15) is 6.10 Å². The monoisotopic (exact) mass is 314 g/mol. The second-order valence-electron chi connectivity index (χ2n) is 6.07. The Morgan fingerprint density at radius 3 is 2.50 bits per heavy atom. The minimum Gasteiger partial charge on any atom is -0.386 e. The van der Waals surface area contributed by atoms with Gasteiger partial charge in [-0.25, -0.2) is 0 Å². The zero-order valence-electron chi connectivity index (χ0n) is 11.5. The number of nitrogens with zero attached hydrogens (tertiary/aromatic N) is 2. The average molecular weight is 315 g/mol. The van der Waals surface area contributed by atoms with E-state index in [-0.39, 0.29) is 5.41 Å². The summed E-state index contributed by atoms with van der Waals surface area (Å²) in [5.74, 6) is 0.616. The normalized spacial score (nSPS) is 20.6. The number of aliphatic hydroxyl groups excluding tert-OH is 1. The molecule has 1 saturated carbocycles. The molecule has 1 heterocycles. The van der Waals surface area contributed by atoms with Gasteiger partial charge in [-0.3, -0.25) is 4.68 Å². The van der Waals surface area contributed by atoms with Crippen LogP contribution in [0.3, 0.4) is 0 Å². The fraction of sp³-hybridized carbons (Fsp3) is 0.786. The van der Waals surface area contributed by atoms with Crippen molar-refractivity contribution in [3.05, 3.63) is 16.4 Å². The van der Waals surface area contributed by atoms with E-state index in [9.17, 15) is 5.11 Å². The summed E-state index contributed by atoms with van der Waals surface area (Å²) < 4.78 is 2.72. The molecule has 3 nitrogen and oxygen atoms in total. The molecule has 102 valence electrons. The highest BCUT2D eigenvalue weighted by atomic mass is 79.9. The highest BCUT2D eigenvalue weighted by Gasteiger charge is 2.43. The molecule has 1 fully saturated rings. The van der Waals surface area contributed by atoms with E-state index < -0.39 is 6.10 Å². The number of aliphatic hydroxyl groups is 1. The summed E-state index contributed by atoms with van der Waals surface area (Å²) in [5, 5.41) is 15.1. The second kappa shape index (κ2) is 5.33. The number of hydrogen-bond acceptors (Lipinski definition) is 2. The summed E-state index contributed by atoms with van der Waals surface area (Å²) in [4.78, 5) is 0. The van der Waals surface area contributed by atoms with Crippen molar-refractivity contribution < 1.29 is 5.11 Å². The van der Waals surface area contributed by atoms with Gasteiger partial charge in [-0.1, -0.05) is 26.7 Å². The molecule has 0 saturated heterocycles. The molecule has 18 heavy (non-hydrogen) atoms. The Morgan fingerprint density at radius 1 is 1.44 bits per heavy atom. The molecule has 0 aromatic carbocycles. The molecule has 0 aliphatic heterocycles. The van der Waals surface area contributed by atoms with E-state index in [1.165, 1.54) is 12.8 Å². The molecule has 1 aromatic heterocycles. The van der Waals surface area contributed by atoms with Gasteiger partial charge in [-0.05, 0) is 41.1 Å². The quantitative estimate of drug-likeness (QED) is 0.917. The van der Waals surface area contributed by atoms with Crippen LogP contribution in [-0.4, -0.2) is 14.9 Å². The van der Waals surface area contributed by atoms with Crippen LogP contribution in [0.2, 0.25) is 0 Å². The van der Waals surface area contributed by atoms with Crippen LogP contribution in [-0.2, 0) is 7.05 Å². The predicted octanol–water partition coefficient (Wildman–Crippen LogP) is 3.82. The molecule has 1 aliphatic carbocycles. The molecule has 1 aromatic rings. The van der Waals surface area contributed by atoms with E-state index in [0.29, 0.717) is 5.92 Å². The standard InChI is InChI=1S/C14H23BrN2O/c1-10(2)8-14(6-4-5-7-14)13(18)12-11(15)9-16-17(12)3/h9-10,13,18H,4-8H2,1-3H3. The molecule has 0 spiro atoms. The fourth-order valence-electron chi connectivity index (χ4n) is 3.50. The van der Waals surface area contributed by atoms with Gasteiger partial charge in [0.2, 0.25) is 0 Å². The first-order valence-corrected chi connectivity index (χ1v) is 7.61. The molecule has 1 N–H and O–H groups in total. The van der Waals surface area contributed by atoms with Crippen molar-refractivity contribution >= 4 is 15.9 Å². The lowest BCUT2D eigenvalue weighted by atomic mass is 9.73. The number of halogens is 1. The summed E-state index contributed by atoms with van der Waals surface area (Å²) in [6, 6.07) is 0. The third kappa shape index (κ3) is 2.50. The lowest BCUT2D eigenvalue weighted by molar-refractivity contribution is 0.00509. The Hall–Kier alpha value is -0.350. The van der Waals surface area contributed by atoms with Crippen molar-refractivity contribution in [2.24, 2.45) is 18.4 Å². The smallest absolute Gasteiger partial charge is 0.102 e. The number of hydrogen-bond donors (Lipinski definition) is 1. The summed E-state index contributed by atoms with van der Waals surface area (Å²) in [6.07, 6.45) is 7.18. The van der Waals surface area contributed by atoms with Crippen LogP contribution < -0.4 is 0 Å². The van der Waals surface area contributed by atoms with Crippen LogP contribution in [0, 0.1) is 11.3 Å². The maximum absolute atomic E-state index is 10.9. The van der Waals surface area contributed by atoms with Crippen molar-refractivity contribution in [1.29, 1.82) is 0 Å². The van der Waals surface area contributed by atoms with Crippen molar-refractivity contribution in [3.63, 3.8) is 0 Å². The van der Waals surface area contributed by atoms with Gasteiger partial charge >= 0.3 is 0 Å². The highest BCUT2D eigenvalue weighted by Crippen LogP contribution is 2.52. The Kier molecular flexibility index (Phi) is 4.17. The lowest BCUT2D eigenvalue weighted by Crippen LogP contribution is -2.29. The molecule has 2 rings (SSSR count). The second-order valence-corrected chi connectivity index (χ2v) is 6.93. The van der Waals surface area contributed by atoms with E-state index in [0.717, 1.165) is 29.4 Å². The molecular weight excluding hydrogens is 292 g/mol. The summed E-state index contributed by atoms with van der Waals surface area (Å²) in [6.45, 7) is 4.48. The lowest BCUT2D eigenvalue weighted by Gasteiger charge is -2.36. The minimum atomic E-state index is -0.413. The van der Waals surface area contributed by atoms with E-state index in [4.69, 9.17) is 0 Å². The van der Waals surface area contributed by atoms with Crippen LogP contribution in [0.4, 0.5) is 0 Å². The van der Waals surface area contributed by atoms with Crippen LogP contribution in [0.5, 0.6) is 0 Å². The maximum atomic E-state index is 10.9. The maximum Gasteiger partial charge on any atom is 0.102 e. The topological polar surface area (TPSA) is 38.1 Å². The van der Waals surface area contributed by atoms with Gasteiger partial charge in [0.05, 0.1) is 16.4 Å². The predicted molar refractivity (Wildman–Crippen MR) is 76.2 cm³/mol. The highest BCUT2D eigenvalue weighted by molar-refractivity contribution is 9.10. The van der Waals surface area contributed by atoms with E-state index >= 15 is 0 Å². The Morgan fingerprint density at radius 2 is 2.06 bits per heavy atom. The van der Waals surface area contributed by atoms with Crippen molar-refractivity contribution in [2.45, 2.75) is 52.1 Å². The van der Waals surface area contributed by atoms with E-state index in [1.54, 1.807) is 10.9 Å². The minimum absolute atomic E-state index is 0.0461. The number of rotatable bonds is 4. The number of aromatic nitrogens is 2. The molecule has 1 aliphatic rings. The van der Waals surface area contributed by atoms with Gasteiger partial charge in [0.15, 0.2) is 0 Å².